The zero-order valence-corrected chi connectivity index (χ0v) is 11.5. The Morgan fingerprint density at radius 1 is 1.00 bits per heavy atom. The number of hydrogen-bond acceptors (Lipinski definition) is 3. The van der Waals surface area contributed by atoms with E-state index in [9.17, 15) is 10.1 Å². The molecule has 0 aliphatic carbocycles. The Morgan fingerprint density at radius 3 is 2.37 bits per heavy atom. The standard InChI is InChI=1S/C12H6Cl3NO3/c13-7-4-5-10(9(15)6-7)19-11-3-1-2-8(14)12(11)16(17)18/h1-6H. The number of nitro benzene ring substituents is 1. The monoisotopic (exact) mass is 317 g/mol. The molecular weight excluding hydrogens is 312 g/mol. The minimum absolute atomic E-state index is 0.00686. The maximum absolute atomic E-state index is 11.0. The highest BCUT2D eigenvalue weighted by Gasteiger charge is 2.20. The van der Waals surface area contributed by atoms with Crippen molar-refractivity contribution in [2.45, 2.75) is 0 Å². The van der Waals surface area contributed by atoms with Crippen LogP contribution in [0.4, 0.5) is 5.69 Å². The van der Waals surface area contributed by atoms with Gasteiger partial charge < -0.3 is 4.74 Å². The molecule has 0 unspecified atom stereocenters. The molecule has 2 aromatic rings. The molecule has 0 atom stereocenters. The summed E-state index contributed by atoms with van der Waals surface area (Å²) in [5.41, 5.74) is -0.310. The molecule has 0 aliphatic rings. The van der Waals surface area contributed by atoms with E-state index in [4.69, 9.17) is 39.5 Å². The summed E-state index contributed by atoms with van der Waals surface area (Å²) in [6.07, 6.45) is 0. The average Bonchev–Trinajstić information content (AvgIpc) is 2.32. The number of nitrogens with zero attached hydrogens (tertiary/aromatic N) is 1. The van der Waals surface area contributed by atoms with Crippen molar-refractivity contribution < 1.29 is 9.66 Å². The molecule has 7 heteroatoms. The van der Waals surface area contributed by atoms with Gasteiger partial charge in [-0.3, -0.25) is 10.1 Å². The number of para-hydroxylation sites is 1. The predicted octanol–water partition coefficient (Wildman–Crippen LogP) is 5.35. The normalized spacial score (nSPS) is 10.3. The molecule has 0 aliphatic heterocycles. The highest BCUT2D eigenvalue weighted by Crippen LogP contribution is 2.39. The fourth-order valence-electron chi connectivity index (χ4n) is 1.43. The maximum Gasteiger partial charge on any atom is 0.329 e. The number of halogens is 3. The van der Waals surface area contributed by atoms with E-state index >= 15 is 0 Å². The molecule has 0 amide bonds. The van der Waals surface area contributed by atoms with Crippen molar-refractivity contribution in [2.24, 2.45) is 0 Å². The molecule has 19 heavy (non-hydrogen) atoms. The Labute approximate surface area is 123 Å². The van der Waals surface area contributed by atoms with Crippen LogP contribution in [0.15, 0.2) is 36.4 Å². The van der Waals surface area contributed by atoms with Crippen LogP contribution in [0.1, 0.15) is 0 Å². The van der Waals surface area contributed by atoms with Gasteiger partial charge in [0.1, 0.15) is 10.8 Å². The predicted molar refractivity (Wildman–Crippen MR) is 74.6 cm³/mol. The van der Waals surface area contributed by atoms with Gasteiger partial charge in [0.2, 0.25) is 5.75 Å². The third kappa shape index (κ3) is 3.10. The maximum atomic E-state index is 11.0. The van der Waals surface area contributed by atoms with Crippen molar-refractivity contribution >= 4 is 40.5 Å². The Kier molecular flexibility index (Phi) is 4.14. The van der Waals surface area contributed by atoms with E-state index in [1.165, 1.54) is 24.3 Å². The summed E-state index contributed by atoms with van der Waals surface area (Å²) in [6.45, 7) is 0. The third-order valence-electron chi connectivity index (χ3n) is 2.25. The lowest BCUT2D eigenvalue weighted by molar-refractivity contribution is -0.385. The van der Waals surface area contributed by atoms with Crippen LogP contribution in [0, 0.1) is 10.1 Å². The molecule has 2 aromatic carbocycles. The number of benzene rings is 2. The number of hydrogen-bond donors (Lipinski definition) is 0. The van der Waals surface area contributed by atoms with Gasteiger partial charge in [-0.25, -0.2) is 0 Å². The first-order valence-electron chi connectivity index (χ1n) is 5.05. The van der Waals surface area contributed by atoms with Crippen molar-refractivity contribution in [1.29, 1.82) is 0 Å². The fourth-order valence-corrected chi connectivity index (χ4v) is 2.11. The SMILES string of the molecule is O=[N+]([O-])c1c(Cl)cccc1Oc1ccc(Cl)cc1Cl. The van der Waals surface area contributed by atoms with E-state index in [2.05, 4.69) is 0 Å². The second kappa shape index (κ2) is 5.65. The minimum atomic E-state index is -0.610. The lowest BCUT2D eigenvalue weighted by Gasteiger charge is -2.08. The topological polar surface area (TPSA) is 52.4 Å². The molecule has 0 radical (unpaired) electrons. The summed E-state index contributed by atoms with van der Waals surface area (Å²) >= 11 is 17.5. The first-order chi connectivity index (χ1) is 8.99. The van der Waals surface area contributed by atoms with Gasteiger partial charge in [0, 0.05) is 5.02 Å². The van der Waals surface area contributed by atoms with Crippen LogP contribution >= 0.6 is 34.8 Å². The van der Waals surface area contributed by atoms with Gasteiger partial charge in [0.15, 0.2) is 0 Å². The lowest BCUT2D eigenvalue weighted by atomic mass is 10.3. The van der Waals surface area contributed by atoms with Gasteiger partial charge in [0.25, 0.3) is 0 Å². The van der Waals surface area contributed by atoms with Crippen molar-refractivity contribution in [2.75, 3.05) is 0 Å². The van der Waals surface area contributed by atoms with Gasteiger partial charge in [-0.2, -0.15) is 0 Å². The van der Waals surface area contributed by atoms with E-state index in [0.717, 1.165) is 0 Å². The van der Waals surface area contributed by atoms with Crippen molar-refractivity contribution in [3.63, 3.8) is 0 Å². The van der Waals surface area contributed by atoms with E-state index in [1.54, 1.807) is 12.1 Å². The summed E-state index contributed by atoms with van der Waals surface area (Å²) in [4.78, 5) is 10.3. The number of rotatable bonds is 3. The van der Waals surface area contributed by atoms with Crippen LogP contribution in [0.3, 0.4) is 0 Å². The molecule has 0 fully saturated rings. The van der Waals surface area contributed by atoms with Gasteiger partial charge in [-0.15, -0.1) is 0 Å². The zero-order valence-electron chi connectivity index (χ0n) is 9.27. The quantitative estimate of drug-likeness (QED) is 0.566. The van der Waals surface area contributed by atoms with Crippen LogP contribution in [-0.4, -0.2) is 4.92 Å². The molecule has 0 bridgehead atoms. The van der Waals surface area contributed by atoms with Gasteiger partial charge in [-0.05, 0) is 30.3 Å². The van der Waals surface area contributed by atoms with Crippen molar-refractivity contribution in [3.8, 4) is 11.5 Å². The van der Waals surface area contributed by atoms with Crippen molar-refractivity contribution in [3.05, 3.63) is 61.6 Å². The van der Waals surface area contributed by atoms with E-state index < -0.39 is 4.92 Å². The Hall–Kier alpha value is -1.49. The summed E-state index contributed by atoms with van der Waals surface area (Å²) in [7, 11) is 0. The Morgan fingerprint density at radius 2 is 1.74 bits per heavy atom. The lowest BCUT2D eigenvalue weighted by Crippen LogP contribution is -1.94. The number of nitro groups is 1. The van der Waals surface area contributed by atoms with Crippen LogP contribution in [0.2, 0.25) is 15.1 Å². The van der Waals surface area contributed by atoms with E-state index in [0.29, 0.717) is 5.02 Å². The van der Waals surface area contributed by atoms with Gasteiger partial charge in [-0.1, -0.05) is 40.9 Å². The molecule has 0 heterocycles. The largest absolute Gasteiger partial charge is 0.448 e. The molecule has 0 aromatic heterocycles. The molecule has 4 nitrogen and oxygen atoms in total. The first-order valence-corrected chi connectivity index (χ1v) is 6.18. The van der Waals surface area contributed by atoms with E-state index in [1.807, 2.05) is 0 Å². The molecule has 0 saturated heterocycles. The van der Waals surface area contributed by atoms with Crippen LogP contribution in [0.5, 0.6) is 11.5 Å². The van der Waals surface area contributed by atoms with E-state index in [-0.39, 0.29) is 27.2 Å². The summed E-state index contributed by atoms with van der Waals surface area (Å²) in [6, 6.07) is 8.97. The highest BCUT2D eigenvalue weighted by atomic mass is 35.5. The van der Waals surface area contributed by atoms with Gasteiger partial charge >= 0.3 is 5.69 Å². The molecule has 0 N–H and O–H groups in total. The summed E-state index contributed by atoms with van der Waals surface area (Å²) in [5.74, 6) is 0.276. The molecular formula is C12H6Cl3NO3. The van der Waals surface area contributed by atoms with Crippen LogP contribution in [0.25, 0.3) is 0 Å². The van der Waals surface area contributed by atoms with Crippen LogP contribution < -0.4 is 4.74 Å². The van der Waals surface area contributed by atoms with Crippen molar-refractivity contribution in [1.82, 2.24) is 0 Å². The number of ether oxygens (including phenoxy) is 1. The summed E-state index contributed by atoms with van der Waals surface area (Å²) < 4.78 is 5.42. The second-order valence-corrected chi connectivity index (χ2v) is 4.77. The summed E-state index contributed by atoms with van der Waals surface area (Å²) in [5, 5.41) is 11.6. The molecule has 0 spiro atoms. The van der Waals surface area contributed by atoms with Gasteiger partial charge in [0.05, 0.1) is 9.95 Å². The van der Waals surface area contributed by atoms with Crippen LogP contribution in [-0.2, 0) is 0 Å². The highest BCUT2D eigenvalue weighted by molar-refractivity contribution is 6.35. The Balaban J connectivity index is 2.44. The average molecular weight is 319 g/mol. The molecule has 0 saturated carbocycles. The molecule has 98 valence electrons. The first kappa shape index (κ1) is 13.9. The molecule has 2 rings (SSSR count). The minimum Gasteiger partial charge on any atom is -0.448 e. The fraction of sp³-hybridized carbons (Fsp3) is 0. The third-order valence-corrected chi connectivity index (χ3v) is 3.08. The zero-order chi connectivity index (χ0) is 14.0. The smallest absolute Gasteiger partial charge is 0.329 e. The Bertz CT molecular complexity index is 646. The second-order valence-electron chi connectivity index (χ2n) is 3.52.